The fraction of sp³-hybridized carbons (Fsp3) is 0.600. The average molecular weight is 344 g/mol. The molecule has 0 spiro atoms. The third-order valence-corrected chi connectivity index (χ3v) is 6.27. The molecule has 4 rings (SSSR count). The number of benzene rings is 1. The number of halogens is 1. The Labute approximate surface area is 148 Å². The molecule has 4 nitrogen and oxygen atoms in total. The van der Waals surface area contributed by atoms with Gasteiger partial charge in [-0.1, -0.05) is 25.0 Å². The van der Waals surface area contributed by atoms with Gasteiger partial charge in [0.05, 0.1) is 6.04 Å². The molecule has 0 unspecified atom stereocenters. The molecule has 3 atom stereocenters. The lowest BCUT2D eigenvalue weighted by Crippen LogP contribution is -2.38. The molecule has 134 valence electrons. The molecule has 2 saturated heterocycles. The van der Waals surface area contributed by atoms with Crippen molar-refractivity contribution in [3.8, 4) is 0 Å². The first-order valence-corrected chi connectivity index (χ1v) is 9.36. The summed E-state index contributed by atoms with van der Waals surface area (Å²) in [6.07, 6.45) is 4.33. The highest BCUT2D eigenvalue weighted by Gasteiger charge is 2.50. The fourth-order valence-corrected chi connectivity index (χ4v) is 5.10. The Balaban J connectivity index is 1.57. The number of hydrogen-bond acceptors (Lipinski definition) is 2. The minimum absolute atomic E-state index is 0.0253. The van der Waals surface area contributed by atoms with Crippen LogP contribution in [-0.2, 0) is 9.59 Å². The highest BCUT2D eigenvalue weighted by Crippen LogP contribution is 2.45. The van der Waals surface area contributed by atoms with E-state index < -0.39 is 0 Å². The van der Waals surface area contributed by atoms with Crippen LogP contribution in [0.4, 0.5) is 4.39 Å². The molecule has 5 heteroatoms. The van der Waals surface area contributed by atoms with Crippen molar-refractivity contribution in [1.29, 1.82) is 0 Å². The summed E-state index contributed by atoms with van der Waals surface area (Å²) in [5.74, 6) is 0.729. The first-order chi connectivity index (χ1) is 12.0. The number of carbonyl (C=O) groups is 2. The smallest absolute Gasteiger partial charge is 0.225 e. The highest BCUT2D eigenvalue weighted by atomic mass is 19.1. The van der Waals surface area contributed by atoms with Crippen molar-refractivity contribution in [3.05, 3.63) is 35.6 Å². The van der Waals surface area contributed by atoms with Crippen LogP contribution >= 0.6 is 0 Å². The summed E-state index contributed by atoms with van der Waals surface area (Å²) in [7, 11) is 0. The second-order valence-electron chi connectivity index (χ2n) is 7.82. The van der Waals surface area contributed by atoms with Crippen LogP contribution < -0.4 is 0 Å². The Bertz CT molecular complexity index is 686. The molecule has 25 heavy (non-hydrogen) atoms. The van der Waals surface area contributed by atoms with E-state index in [1.807, 2.05) is 15.9 Å². The highest BCUT2D eigenvalue weighted by molar-refractivity contribution is 5.80. The molecular weight excluding hydrogens is 319 g/mol. The third-order valence-electron chi connectivity index (χ3n) is 6.27. The maximum atomic E-state index is 13.7. The van der Waals surface area contributed by atoms with Gasteiger partial charge < -0.3 is 9.80 Å². The van der Waals surface area contributed by atoms with Gasteiger partial charge in [-0.15, -0.1) is 0 Å². The summed E-state index contributed by atoms with van der Waals surface area (Å²) >= 11 is 0. The van der Waals surface area contributed by atoms with E-state index in [1.165, 1.54) is 12.1 Å². The molecule has 2 heterocycles. The summed E-state index contributed by atoms with van der Waals surface area (Å²) in [4.78, 5) is 28.8. The van der Waals surface area contributed by atoms with Gasteiger partial charge in [-0.2, -0.15) is 0 Å². The zero-order chi connectivity index (χ0) is 17.6. The van der Waals surface area contributed by atoms with Crippen molar-refractivity contribution in [2.45, 2.75) is 38.6 Å². The molecule has 0 bridgehead atoms. The molecule has 3 fully saturated rings. The van der Waals surface area contributed by atoms with Crippen molar-refractivity contribution >= 4 is 11.8 Å². The van der Waals surface area contributed by atoms with E-state index >= 15 is 0 Å². The van der Waals surface area contributed by atoms with E-state index in [9.17, 15) is 14.0 Å². The minimum atomic E-state index is -0.277. The van der Waals surface area contributed by atoms with Gasteiger partial charge in [0.25, 0.3) is 0 Å². The van der Waals surface area contributed by atoms with Gasteiger partial charge in [0.1, 0.15) is 5.82 Å². The predicted molar refractivity (Wildman–Crippen MR) is 92.0 cm³/mol. The Kier molecular flexibility index (Phi) is 4.26. The van der Waals surface area contributed by atoms with E-state index in [0.29, 0.717) is 24.9 Å². The fourth-order valence-electron chi connectivity index (χ4n) is 5.10. The Morgan fingerprint density at radius 2 is 1.88 bits per heavy atom. The van der Waals surface area contributed by atoms with Gasteiger partial charge in [0.2, 0.25) is 11.8 Å². The molecule has 0 aromatic heterocycles. The van der Waals surface area contributed by atoms with E-state index in [4.69, 9.17) is 0 Å². The summed E-state index contributed by atoms with van der Waals surface area (Å²) in [6.45, 7) is 3.66. The second-order valence-corrected chi connectivity index (χ2v) is 7.82. The van der Waals surface area contributed by atoms with Crippen LogP contribution in [0.15, 0.2) is 24.3 Å². The zero-order valence-corrected chi connectivity index (χ0v) is 14.7. The predicted octanol–water partition coefficient (Wildman–Crippen LogP) is 2.99. The summed E-state index contributed by atoms with van der Waals surface area (Å²) in [6, 6.07) is 6.43. The Morgan fingerprint density at radius 3 is 2.56 bits per heavy atom. The number of amides is 2. The van der Waals surface area contributed by atoms with E-state index in [1.54, 1.807) is 13.0 Å². The zero-order valence-electron chi connectivity index (χ0n) is 14.7. The number of hydrogen-bond donors (Lipinski definition) is 0. The lowest BCUT2D eigenvalue weighted by Gasteiger charge is -2.30. The molecule has 3 aliphatic rings. The van der Waals surface area contributed by atoms with Gasteiger partial charge in [-0.05, 0) is 30.5 Å². The third kappa shape index (κ3) is 2.94. The summed E-state index contributed by atoms with van der Waals surface area (Å²) in [5, 5.41) is 0. The van der Waals surface area contributed by atoms with Gasteiger partial charge >= 0.3 is 0 Å². The van der Waals surface area contributed by atoms with Crippen molar-refractivity contribution in [1.82, 2.24) is 9.80 Å². The van der Waals surface area contributed by atoms with Crippen molar-refractivity contribution < 1.29 is 14.0 Å². The lowest BCUT2D eigenvalue weighted by atomic mass is 9.89. The summed E-state index contributed by atoms with van der Waals surface area (Å²) in [5.41, 5.74) is 0.845. The van der Waals surface area contributed by atoms with Crippen molar-refractivity contribution in [2.75, 3.05) is 19.6 Å². The maximum Gasteiger partial charge on any atom is 0.225 e. The van der Waals surface area contributed by atoms with Crippen LogP contribution in [0.5, 0.6) is 0 Å². The number of carbonyl (C=O) groups excluding carboxylic acids is 2. The van der Waals surface area contributed by atoms with Crippen LogP contribution in [0.1, 0.15) is 44.2 Å². The van der Waals surface area contributed by atoms with Crippen molar-refractivity contribution in [3.63, 3.8) is 0 Å². The van der Waals surface area contributed by atoms with Crippen LogP contribution in [0.3, 0.4) is 0 Å². The van der Waals surface area contributed by atoms with E-state index in [0.717, 1.165) is 37.8 Å². The molecule has 1 aliphatic carbocycles. The topological polar surface area (TPSA) is 40.6 Å². The van der Waals surface area contributed by atoms with E-state index in [2.05, 4.69) is 0 Å². The molecule has 0 N–H and O–H groups in total. The molecule has 1 saturated carbocycles. The SMILES string of the molecule is CC(=O)N1C[C@H]2CN(C(=O)C3CCCC3)C[C@H]2[C@H]1c1cccc(F)c1. The minimum Gasteiger partial charge on any atom is -0.342 e. The number of rotatable bonds is 2. The van der Waals surface area contributed by atoms with Gasteiger partial charge in [-0.25, -0.2) is 4.39 Å². The number of nitrogens with zero attached hydrogens (tertiary/aromatic N) is 2. The molecule has 2 aliphatic heterocycles. The average Bonchev–Trinajstić information content (AvgIpc) is 3.29. The number of fused-ring (bicyclic) bond motifs is 1. The standard InChI is InChI=1S/C20H25FN2O2/c1-13(24)23-11-16-10-22(20(25)14-5-2-3-6-14)12-18(16)19(23)15-7-4-8-17(21)9-15/h4,7-9,14,16,18-19H,2-3,5-6,10-12H2,1H3/t16-,18-,19-/m1/s1. The molecule has 1 aromatic carbocycles. The maximum absolute atomic E-state index is 13.7. The second kappa shape index (κ2) is 6.43. The first kappa shape index (κ1) is 16.6. The normalized spacial score (nSPS) is 29.3. The largest absolute Gasteiger partial charge is 0.342 e. The molecule has 2 amide bonds. The first-order valence-electron chi connectivity index (χ1n) is 9.36. The number of likely N-dealkylation sites (tertiary alicyclic amines) is 2. The van der Waals surface area contributed by atoms with Crippen LogP contribution in [0.2, 0.25) is 0 Å². The van der Waals surface area contributed by atoms with Gasteiger partial charge in [0, 0.05) is 44.3 Å². The summed E-state index contributed by atoms with van der Waals surface area (Å²) < 4.78 is 13.7. The van der Waals surface area contributed by atoms with Gasteiger partial charge in [-0.3, -0.25) is 9.59 Å². The van der Waals surface area contributed by atoms with Crippen LogP contribution in [0, 0.1) is 23.6 Å². The Morgan fingerprint density at radius 1 is 1.12 bits per heavy atom. The van der Waals surface area contributed by atoms with E-state index in [-0.39, 0.29) is 29.6 Å². The monoisotopic (exact) mass is 344 g/mol. The quantitative estimate of drug-likeness (QED) is 0.827. The van der Waals surface area contributed by atoms with Crippen LogP contribution in [-0.4, -0.2) is 41.2 Å². The van der Waals surface area contributed by atoms with Gasteiger partial charge in [0.15, 0.2) is 0 Å². The van der Waals surface area contributed by atoms with Crippen molar-refractivity contribution in [2.24, 2.45) is 17.8 Å². The molecular formula is C20H25FN2O2. The molecule has 1 aromatic rings. The Hall–Kier alpha value is -1.91. The lowest BCUT2D eigenvalue weighted by molar-refractivity contribution is -0.135. The molecule has 0 radical (unpaired) electrons. The van der Waals surface area contributed by atoms with Crippen LogP contribution in [0.25, 0.3) is 0 Å².